The third-order valence-corrected chi connectivity index (χ3v) is 58.3. The highest BCUT2D eigenvalue weighted by Crippen LogP contribution is 2.57. The van der Waals surface area contributed by atoms with Crippen LogP contribution in [0.5, 0.6) is 0 Å². The Hall–Kier alpha value is 2.67. The lowest BCUT2D eigenvalue weighted by atomic mass is 11.4. The molecule has 20 nitrogen and oxygen atoms in total. The minimum atomic E-state index is -4.84. The van der Waals surface area contributed by atoms with Gasteiger partial charge in [0.25, 0.3) is 0 Å². The minimum absolute atomic E-state index is 1.80. The van der Waals surface area contributed by atoms with Crippen LogP contribution in [-0.4, -0.2) is 149 Å². The van der Waals surface area contributed by atoms with Crippen molar-refractivity contribution < 1.29 is 82.9 Å². The lowest BCUT2D eigenvalue weighted by Crippen LogP contribution is -2.87. The molecule has 9 bridgehead atoms. The van der Waals surface area contributed by atoms with Crippen LogP contribution in [0.3, 0.4) is 0 Å². The molecule has 6 saturated heterocycles. The van der Waals surface area contributed by atoms with Crippen LogP contribution >= 0.6 is 0 Å². The first-order valence-electron chi connectivity index (χ1n) is 18.2. The van der Waals surface area contributed by atoms with E-state index in [1.54, 1.807) is 0 Å². The van der Waals surface area contributed by atoms with Crippen LogP contribution in [0.4, 0.5) is 0 Å². The standard InChI is InChI=1S/C17H56O20Si16/c1-38(2)17-18-47(21-40(5)6)29-50(23-42(9)10)31-48(19-17)27-46(17,20-39(3)4)28-49(22-41(7)8)33-51(30-47,24-43(11)12)36-53(35-50,26-45(15)16)37-52(32-48,34-49)25-44(13)14/h38-45H,1-16H3. The molecule has 6 aliphatic heterocycles. The Kier molecular flexibility index (Phi) is 13.3. The number of rotatable bonds is 15. The van der Waals surface area contributed by atoms with Crippen molar-refractivity contribution in [2.75, 3.05) is 0 Å². The Balaban J connectivity index is 1.81. The Morgan fingerprint density at radius 3 is 0.906 bits per heavy atom. The van der Waals surface area contributed by atoms with E-state index in [9.17, 15) is 0 Å². The first kappa shape index (κ1) is 45.2. The second kappa shape index (κ2) is 15.5. The van der Waals surface area contributed by atoms with Crippen molar-refractivity contribution in [1.82, 2.24) is 0 Å². The van der Waals surface area contributed by atoms with Crippen LogP contribution < -0.4 is 0 Å². The van der Waals surface area contributed by atoms with Gasteiger partial charge in [-0.15, -0.1) is 0 Å². The van der Waals surface area contributed by atoms with Gasteiger partial charge in [0, 0.05) is 0 Å². The van der Waals surface area contributed by atoms with Crippen molar-refractivity contribution >= 4 is 144 Å². The van der Waals surface area contributed by atoms with E-state index in [1.165, 1.54) is 0 Å². The molecule has 6 heterocycles. The van der Waals surface area contributed by atoms with Gasteiger partial charge in [0.05, 0.1) is 0 Å². The summed E-state index contributed by atoms with van der Waals surface area (Å²) in [7, 11) is -55.6. The summed E-state index contributed by atoms with van der Waals surface area (Å²) in [5.74, 6) is 0. The maximum Gasteiger partial charge on any atom is 0.662 e. The predicted octanol–water partition coefficient (Wildman–Crippen LogP) is -0.467. The molecular formula is C17H56O20Si16. The molecule has 0 N–H and O–H groups in total. The first-order chi connectivity index (χ1) is 24.3. The molecule has 1 spiro atoms. The molecule has 308 valence electrons. The van der Waals surface area contributed by atoms with Gasteiger partial charge < -0.3 is 82.9 Å². The zero-order chi connectivity index (χ0) is 39.3. The summed E-state index contributed by atoms with van der Waals surface area (Å²) in [4.78, 5) is 0. The molecule has 0 amide bonds. The molecule has 6 fully saturated rings. The van der Waals surface area contributed by atoms with Crippen molar-refractivity contribution in [2.24, 2.45) is 0 Å². The molecule has 0 saturated carbocycles. The van der Waals surface area contributed by atoms with Crippen LogP contribution in [-0.2, 0) is 82.9 Å². The SMILES string of the molecule is C[SiH](C)O[Si]12OC3([SiH](C)C)O[Si]45O[Si](O[SiH](C)C)(O1)O[Si]1(O[SiH](C)C)O[Si](O[SiH](C)C)(O2)O[Si](O[SiH](C)C)(O[Si](O[SiH](C)C)(O1)O4)O[Si]3(O[SiH](C)C)O5. The topological polar surface area (TPSA) is 185 Å². The van der Waals surface area contributed by atoms with Gasteiger partial charge in [-0.2, -0.15) is 0 Å². The van der Waals surface area contributed by atoms with Gasteiger partial charge in [-0.25, -0.2) is 0 Å². The fourth-order valence-corrected chi connectivity index (χ4v) is 71.5. The van der Waals surface area contributed by atoms with E-state index >= 15 is 0 Å². The number of fused-ring (bicyclic) bond motifs is 6. The van der Waals surface area contributed by atoms with Crippen LogP contribution in [0, 0.1) is 0 Å². The summed E-state index contributed by atoms with van der Waals surface area (Å²) in [5, 5.41) is -1.80. The average Bonchev–Trinajstić information content (AvgIpc) is 3.12. The molecule has 9 unspecified atom stereocenters. The molecule has 0 aromatic heterocycles. The quantitative estimate of drug-likeness (QED) is 0.192. The maximum atomic E-state index is 7.38. The summed E-state index contributed by atoms with van der Waals surface area (Å²) in [6.45, 7) is 31.3. The minimum Gasteiger partial charge on any atom is -0.417 e. The molecule has 9 atom stereocenters. The van der Waals surface area contributed by atoms with Crippen LogP contribution in [0.2, 0.25) is 105 Å². The largest absolute Gasteiger partial charge is 0.662 e. The van der Waals surface area contributed by atoms with E-state index in [2.05, 4.69) is 0 Å². The smallest absolute Gasteiger partial charge is 0.417 e. The normalized spacial score (nSPS) is 45.1. The van der Waals surface area contributed by atoms with E-state index in [-0.39, 0.29) is 0 Å². The van der Waals surface area contributed by atoms with Crippen molar-refractivity contribution in [1.29, 1.82) is 0 Å². The molecule has 53 heavy (non-hydrogen) atoms. The summed E-state index contributed by atoms with van der Waals surface area (Å²) >= 11 is 0. The van der Waals surface area contributed by atoms with Crippen molar-refractivity contribution in [3.05, 3.63) is 0 Å². The summed E-state index contributed by atoms with van der Waals surface area (Å²) in [6, 6.07) is 0. The summed E-state index contributed by atoms with van der Waals surface area (Å²) < 4.78 is 141. The van der Waals surface area contributed by atoms with E-state index in [0.29, 0.717) is 0 Å². The fraction of sp³-hybridized carbons (Fsp3) is 1.00. The van der Waals surface area contributed by atoms with E-state index in [4.69, 9.17) is 82.9 Å². The molecule has 0 aliphatic carbocycles. The van der Waals surface area contributed by atoms with Crippen LogP contribution in [0.25, 0.3) is 0 Å². The van der Waals surface area contributed by atoms with Gasteiger partial charge in [-0.3, -0.25) is 0 Å². The molecule has 0 aromatic carbocycles. The second-order valence-corrected chi connectivity index (χ2v) is 58.5. The molecular weight excluding hydrogens is 974 g/mol. The van der Waals surface area contributed by atoms with Crippen LogP contribution in [0.1, 0.15) is 0 Å². The molecule has 36 heteroatoms. The monoisotopic (exact) mass is 1030 g/mol. The Bertz CT molecular complexity index is 1340. The highest BCUT2D eigenvalue weighted by atomic mass is 28.7. The third kappa shape index (κ3) is 8.88. The van der Waals surface area contributed by atoms with Gasteiger partial charge >= 0.3 is 72.1 Å². The predicted molar refractivity (Wildman–Crippen MR) is 221 cm³/mol. The van der Waals surface area contributed by atoms with E-state index in [0.717, 1.165) is 0 Å². The Morgan fingerprint density at radius 2 is 0.585 bits per heavy atom. The molecule has 0 aromatic rings. The van der Waals surface area contributed by atoms with Crippen molar-refractivity contribution in [3.63, 3.8) is 0 Å². The van der Waals surface area contributed by atoms with E-state index < -0.39 is 149 Å². The maximum absolute atomic E-state index is 7.38. The first-order valence-corrected chi connectivity index (χ1v) is 53.7. The molecule has 6 rings (SSSR count). The second-order valence-electron chi connectivity index (χ2n) is 15.4. The lowest BCUT2D eigenvalue weighted by molar-refractivity contribution is -0.142. The summed E-state index contributed by atoms with van der Waals surface area (Å²) in [6.07, 6.45) is 0. The lowest BCUT2D eigenvalue weighted by Gasteiger charge is -2.55. The Morgan fingerprint density at radius 1 is 0.302 bits per heavy atom. The van der Waals surface area contributed by atoms with Crippen LogP contribution in [0.15, 0.2) is 0 Å². The summed E-state index contributed by atoms with van der Waals surface area (Å²) in [5.41, 5.74) is 0. The van der Waals surface area contributed by atoms with Crippen molar-refractivity contribution in [2.45, 2.75) is 110 Å². The average molecular weight is 1030 g/mol. The number of hydrogen-bond acceptors (Lipinski definition) is 20. The van der Waals surface area contributed by atoms with Crippen molar-refractivity contribution in [3.8, 4) is 0 Å². The van der Waals surface area contributed by atoms with Gasteiger partial charge in [-0.1, -0.05) is 13.1 Å². The van der Waals surface area contributed by atoms with Gasteiger partial charge in [0.1, 0.15) is 8.80 Å². The Labute approximate surface area is 334 Å². The van der Waals surface area contributed by atoms with Gasteiger partial charge in [0.15, 0.2) is 63.3 Å². The third-order valence-electron chi connectivity index (χ3n) is 7.18. The van der Waals surface area contributed by atoms with E-state index in [1.807, 2.05) is 105 Å². The highest BCUT2D eigenvalue weighted by Gasteiger charge is 2.96. The fourth-order valence-electron chi connectivity index (χ4n) is 6.08. The highest BCUT2D eigenvalue weighted by molar-refractivity contribution is 7.03. The zero-order valence-corrected chi connectivity index (χ0v) is 50.5. The molecule has 6 aliphatic rings. The van der Waals surface area contributed by atoms with Gasteiger partial charge in [-0.05, 0) is 91.7 Å². The molecule has 0 radical (unpaired) electrons. The zero-order valence-electron chi connectivity index (χ0n) is 33.3. The number of hydrogen-bond donors (Lipinski definition) is 0. The van der Waals surface area contributed by atoms with Gasteiger partial charge in [0.2, 0.25) is 5.03 Å².